The van der Waals surface area contributed by atoms with Gasteiger partial charge in [0.2, 0.25) is 0 Å². The summed E-state index contributed by atoms with van der Waals surface area (Å²) in [5.41, 5.74) is 1.78. The molecule has 2 rings (SSSR count). The predicted octanol–water partition coefficient (Wildman–Crippen LogP) is 3.66. The van der Waals surface area contributed by atoms with E-state index in [1.165, 1.54) is 64.0 Å². The molecule has 2 saturated heterocycles. The highest BCUT2D eigenvalue weighted by Crippen LogP contribution is 2.37. The second-order valence-corrected chi connectivity index (χ2v) is 8.29. The number of allylic oxidation sites excluding steroid dienone is 1. The maximum Gasteiger partial charge on any atom is 0.0557 e. The van der Waals surface area contributed by atoms with Crippen molar-refractivity contribution in [1.82, 2.24) is 15.1 Å². The van der Waals surface area contributed by atoms with E-state index in [2.05, 4.69) is 41.6 Å². The molecule has 0 aliphatic carbocycles. The van der Waals surface area contributed by atoms with E-state index < -0.39 is 0 Å². The molecule has 1 spiro atoms. The van der Waals surface area contributed by atoms with E-state index in [1.807, 2.05) is 13.1 Å². The zero-order valence-electron chi connectivity index (χ0n) is 17.4. The van der Waals surface area contributed by atoms with Gasteiger partial charge in [0.25, 0.3) is 0 Å². The highest BCUT2D eigenvalue weighted by Gasteiger charge is 2.44. The van der Waals surface area contributed by atoms with Crippen LogP contribution in [0.15, 0.2) is 24.4 Å². The molecule has 0 amide bonds. The van der Waals surface area contributed by atoms with Crippen molar-refractivity contribution < 1.29 is 4.74 Å². The fraction of sp³-hybridized carbons (Fsp3) is 0.818. The van der Waals surface area contributed by atoms with Crippen LogP contribution in [0.1, 0.15) is 52.4 Å². The number of nitrogens with one attached hydrogen (secondary N) is 1. The van der Waals surface area contributed by atoms with Crippen LogP contribution in [0.2, 0.25) is 0 Å². The van der Waals surface area contributed by atoms with E-state index in [9.17, 15) is 0 Å². The number of unbranched alkanes of at least 4 members (excludes halogenated alkanes) is 3. The zero-order chi connectivity index (χ0) is 18.8. The molecule has 2 heterocycles. The lowest BCUT2D eigenvalue weighted by Crippen LogP contribution is -2.45. The number of hydrogen-bond donors (Lipinski definition) is 1. The lowest BCUT2D eigenvalue weighted by molar-refractivity contribution is -0.105. The molecular formula is C22H41N3O. The fourth-order valence-corrected chi connectivity index (χ4v) is 4.18. The lowest BCUT2D eigenvalue weighted by atomic mass is 9.85. The summed E-state index contributed by atoms with van der Waals surface area (Å²) in [6.07, 6.45) is 11.9. The lowest BCUT2D eigenvalue weighted by Gasteiger charge is -2.38. The van der Waals surface area contributed by atoms with Gasteiger partial charge in [-0.15, -0.1) is 6.58 Å². The van der Waals surface area contributed by atoms with Crippen molar-refractivity contribution in [2.24, 2.45) is 5.41 Å². The van der Waals surface area contributed by atoms with Crippen LogP contribution in [-0.4, -0.2) is 68.8 Å². The standard InChI is InChI=1S/C22H41N3O/c1-5-7-8-9-12-25(20(3)16-21(23-4)10-6-2)15-14-24-13-11-22(17-24)18-26-19-22/h6,16,20,23H,2,5,7-15,17-19H2,1,3-4H3/b21-16-. The van der Waals surface area contributed by atoms with Crippen molar-refractivity contribution in [3.63, 3.8) is 0 Å². The Hall–Kier alpha value is -0.840. The van der Waals surface area contributed by atoms with Crippen molar-refractivity contribution in [1.29, 1.82) is 0 Å². The van der Waals surface area contributed by atoms with Gasteiger partial charge in [0.05, 0.1) is 13.2 Å². The average Bonchev–Trinajstić information content (AvgIpc) is 3.05. The first-order valence-electron chi connectivity index (χ1n) is 10.7. The van der Waals surface area contributed by atoms with E-state index in [0.29, 0.717) is 11.5 Å². The first kappa shape index (κ1) is 21.5. The summed E-state index contributed by atoms with van der Waals surface area (Å²) in [6, 6.07) is 0.461. The van der Waals surface area contributed by atoms with Crippen LogP contribution in [0.5, 0.6) is 0 Å². The predicted molar refractivity (Wildman–Crippen MR) is 111 cm³/mol. The molecule has 0 bridgehead atoms. The molecule has 26 heavy (non-hydrogen) atoms. The Balaban J connectivity index is 1.86. The van der Waals surface area contributed by atoms with Crippen LogP contribution in [0.4, 0.5) is 0 Å². The largest absolute Gasteiger partial charge is 0.391 e. The summed E-state index contributed by atoms with van der Waals surface area (Å²) in [5.74, 6) is 0. The molecule has 4 heteroatoms. The SMILES string of the molecule is C=CC/C(=C/C(C)N(CCCCCC)CCN1CCC2(COC2)C1)NC. The fourth-order valence-electron chi connectivity index (χ4n) is 4.18. The zero-order valence-corrected chi connectivity index (χ0v) is 17.4. The molecule has 2 fully saturated rings. The Morgan fingerprint density at radius 1 is 1.31 bits per heavy atom. The highest BCUT2D eigenvalue weighted by atomic mass is 16.5. The van der Waals surface area contributed by atoms with Gasteiger partial charge in [-0.3, -0.25) is 4.90 Å². The van der Waals surface area contributed by atoms with Crippen molar-refractivity contribution in [3.8, 4) is 0 Å². The van der Waals surface area contributed by atoms with Crippen LogP contribution < -0.4 is 5.32 Å². The first-order chi connectivity index (χ1) is 12.6. The van der Waals surface area contributed by atoms with Crippen LogP contribution in [-0.2, 0) is 4.74 Å². The maximum absolute atomic E-state index is 5.47. The van der Waals surface area contributed by atoms with E-state index >= 15 is 0 Å². The highest BCUT2D eigenvalue weighted by molar-refractivity contribution is 5.07. The Morgan fingerprint density at radius 3 is 2.69 bits per heavy atom. The number of hydrogen-bond acceptors (Lipinski definition) is 4. The van der Waals surface area contributed by atoms with E-state index in [1.54, 1.807) is 0 Å². The number of likely N-dealkylation sites (tertiary alicyclic amines) is 1. The van der Waals surface area contributed by atoms with Crippen LogP contribution in [0, 0.1) is 5.41 Å². The molecule has 0 aromatic heterocycles. The molecule has 2 aliphatic rings. The third-order valence-electron chi connectivity index (χ3n) is 6.04. The van der Waals surface area contributed by atoms with E-state index in [-0.39, 0.29) is 0 Å². The van der Waals surface area contributed by atoms with Gasteiger partial charge in [-0.1, -0.05) is 32.3 Å². The molecule has 0 radical (unpaired) electrons. The minimum atomic E-state index is 0.461. The third kappa shape index (κ3) is 6.40. The summed E-state index contributed by atoms with van der Waals surface area (Å²) in [4.78, 5) is 5.32. The van der Waals surface area contributed by atoms with Gasteiger partial charge in [-0.05, 0) is 38.9 Å². The quantitative estimate of drug-likeness (QED) is 0.399. The molecule has 0 aromatic rings. The molecule has 2 aliphatic heterocycles. The Kier molecular flexibility index (Phi) is 9.17. The van der Waals surface area contributed by atoms with Crippen molar-refractivity contribution >= 4 is 0 Å². The van der Waals surface area contributed by atoms with Gasteiger partial charge in [0.1, 0.15) is 0 Å². The summed E-state index contributed by atoms with van der Waals surface area (Å²) >= 11 is 0. The average molecular weight is 364 g/mol. The minimum absolute atomic E-state index is 0.461. The second kappa shape index (κ2) is 11.1. The maximum atomic E-state index is 5.47. The van der Waals surface area contributed by atoms with Gasteiger partial charge < -0.3 is 15.0 Å². The van der Waals surface area contributed by atoms with Gasteiger partial charge in [-0.25, -0.2) is 0 Å². The minimum Gasteiger partial charge on any atom is -0.391 e. The smallest absolute Gasteiger partial charge is 0.0557 e. The summed E-state index contributed by atoms with van der Waals surface area (Å²) in [5, 5.41) is 3.33. The molecule has 1 atom stereocenters. The second-order valence-electron chi connectivity index (χ2n) is 8.29. The van der Waals surface area contributed by atoms with Crippen LogP contribution in [0.3, 0.4) is 0 Å². The number of ether oxygens (including phenoxy) is 1. The Bertz CT molecular complexity index is 445. The van der Waals surface area contributed by atoms with Crippen LogP contribution >= 0.6 is 0 Å². The normalized spacial score (nSPS) is 21.2. The molecule has 0 saturated carbocycles. The molecule has 1 N–H and O–H groups in total. The topological polar surface area (TPSA) is 27.7 Å². The first-order valence-corrected chi connectivity index (χ1v) is 10.7. The van der Waals surface area contributed by atoms with E-state index in [4.69, 9.17) is 4.74 Å². The van der Waals surface area contributed by atoms with Crippen LogP contribution in [0.25, 0.3) is 0 Å². The van der Waals surface area contributed by atoms with E-state index in [0.717, 1.165) is 26.2 Å². The molecule has 0 aromatic carbocycles. The van der Waals surface area contributed by atoms with Crippen molar-refractivity contribution in [2.45, 2.75) is 58.4 Å². The summed E-state index contributed by atoms with van der Waals surface area (Å²) < 4.78 is 5.47. The summed E-state index contributed by atoms with van der Waals surface area (Å²) in [6.45, 7) is 16.5. The van der Waals surface area contributed by atoms with Gasteiger partial charge >= 0.3 is 0 Å². The van der Waals surface area contributed by atoms with Gasteiger partial charge in [-0.2, -0.15) is 0 Å². The molecule has 150 valence electrons. The van der Waals surface area contributed by atoms with Gasteiger partial charge in [0.15, 0.2) is 0 Å². The third-order valence-corrected chi connectivity index (χ3v) is 6.04. The number of nitrogens with zero attached hydrogens (tertiary/aromatic N) is 2. The van der Waals surface area contributed by atoms with Gasteiger partial charge in [0, 0.05) is 50.3 Å². The molecule has 1 unspecified atom stereocenters. The molecular weight excluding hydrogens is 322 g/mol. The monoisotopic (exact) mass is 363 g/mol. The Labute approximate surface area is 161 Å². The van der Waals surface area contributed by atoms with Crippen molar-refractivity contribution in [2.75, 3.05) is 53.0 Å². The van der Waals surface area contributed by atoms with Crippen molar-refractivity contribution in [3.05, 3.63) is 24.4 Å². The Morgan fingerprint density at radius 2 is 2.12 bits per heavy atom. The molecule has 4 nitrogen and oxygen atoms in total. The number of rotatable bonds is 13. The summed E-state index contributed by atoms with van der Waals surface area (Å²) in [7, 11) is 2.01.